The summed E-state index contributed by atoms with van der Waals surface area (Å²) in [6.07, 6.45) is 4.95. The SMILES string of the molecule is ClC(Oc1ccc(COCCn2ccnn2)cc1)c1coc(-c2cc3ccccc3[nH]2)n1. The minimum Gasteiger partial charge on any atom is -0.469 e. The summed E-state index contributed by atoms with van der Waals surface area (Å²) >= 11 is 6.42. The van der Waals surface area contributed by atoms with Gasteiger partial charge in [-0.25, -0.2) is 4.98 Å². The van der Waals surface area contributed by atoms with Crippen molar-refractivity contribution in [1.29, 1.82) is 0 Å². The summed E-state index contributed by atoms with van der Waals surface area (Å²) in [5, 5.41) is 8.74. The molecule has 0 aliphatic carbocycles. The van der Waals surface area contributed by atoms with E-state index in [-0.39, 0.29) is 0 Å². The highest BCUT2D eigenvalue weighted by Crippen LogP contribution is 2.29. The monoisotopic (exact) mass is 449 g/mol. The predicted octanol–water partition coefficient (Wildman–Crippen LogP) is 4.95. The van der Waals surface area contributed by atoms with Crippen LogP contribution in [-0.2, 0) is 17.9 Å². The molecule has 5 aromatic rings. The van der Waals surface area contributed by atoms with Gasteiger partial charge in [-0.05, 0) is 29.8 Å². The van der Waals surface area contributed by atoms with Crippen molar-refractivity contribution >= 4 is 22.5 Å². The van der Waals surface area contributed by atoms with Crippen molar-refractivity contribution in [2.24, 2.45) is 0 Å². The molecule has 0 spiro atoms. The lowest BCUT2D eigenvalue weighted by Crippen LogP contribution is -2.06. The normalized spacial score (nSPS) is 12.3. The number of aromatic amines is 1. The highest BCUT2D eigenvalue weighted by molar-refractivity contribution is 6.19. The lowest BCUT2D eigenvalue weighted by atomic mass is 10.2. The number of oxazole rings is 1. The highest BCUT2D eigenvalue weighted by atomic mass is 35.5. The maximum Gasteiger partial charge on any atom is 0.243 e. The molecule has 1 N–H and O–H groups in total. The van der Waals surface area contributed by atoms with Crippen molar-refractivity contribution in [2.45, 2.75) is 18.7 Å². The van der Waals surface area contributed by atoms with Crippen LogP contribution in [-0.4, -0.2) is 31.6 Å². The van der Waals surface area contributed by atoms with Gasteiger partial charge in [0.1, 0.15) is 23.4 Å². The Balaban J connectivity index is 1.15. The second kappa shape index (κ2) is 9.25. The molecule has 2 aromatic carbocycles. The molecule has 3 aromatic heterocycles. The number of aromatic nitrogens is 5. The van der Waals surface area contributed by atoms with E-state index in [1.165, 1.54) is 6.26 Å². The first kappa shape index (κ1) is 20.3. The zero-order valence-corrected chi connectivity index (χ0v) is 17.8. The molecule has 0 saturated heterocycles. The molecule has 1 unspecified atom stereocenters. The fourth-order valence-electron chi connectivity index (χ4n) is 3.25. The van der Waals surface area contributed by atoms with Crippen LogP contribution in [0.5, 0.6) is 5.75 Å². The summed E-state index contributed by atoms with van der Waals surface area (Å²) in [6, 6.07) is 17.6. The second-order valence-electron chi connectivity index (χ2n) is 7.14. The first-order valence-electron chi connectivity index (χ1n) is 10.1. The Morgan fingerprint density at radius 3 is 2.81 bits per heavy atom. The molecule has 0 aliphatic heterocycles. The number of alkyl halides is 1. The van der Waals surface area contributed by atoms with Crippen molar-refractivity contribution in [3.63, 3.8) is 0 Å². The van der Waals surface area contributed by atoms with Gasteiger partial charge in [0.2, 0.25) is 11.5 Å². The van der Waals surface area contributed by atoms with E-state index in [9.17, 15) is 0 Å². The molecule has 9 heteroatoms. The van der Waals surface area contributed by atoms with Gasteiger partial charge in [0.25, 0.3) is 0 Å². The predicted molar refractivity (Wildman–Crippen MR) is 119 cm³/mol. The lowest BCUT2D eigenvalue weighted by molar-refractivity contribution is 0.110. The van der Waals surface area contributed by atoms with E-state index in [0.29, 0.717) is 37.1 Å². The minimum absolute atomic E-state index is 0.462. The van der Waals surface area contributed by atoms with Crippen molar-refractivity contribution < 1.29 is 13.9 Å². The number of rotatable bonds is 9. The number of H-pyrrole nitrogens is 1. The minimum atomic E-state index is -0.776. The summed E-state index contributed by atoms with van der Waals surface area (Å²) in [7, 11) is 0. The largest absolute Gasteiger partial charge is 0.469 e. The van der Waals surface area contributed by atoms with Gasteiger partial charge in [0, 0.05) is 17.1 Å². The van der Waals surface area contributed by atoms with Crippen molar-refractivity contribution in [3.05, 3.63) is 84.5 Å². The average Bonchev–Trinajstić information content (AvgIpc) is 3.58. The van der Waals surface area contributed by atoms with Crippen LogP contribution in [0.1, 0.15) is 16.8 Å². The molecule has 0 radical (unpaired) electrons. The Morgan fingerprint density at radius 1 is 1.12 bits per heavy atom. The van der Waals surface area contributed by atoms with Crippen molar-refractivity contribution in [1.82, 2.24) is 25.0 Å². The van der Waals surface area contributed by atoms with Gasteiger partial charge in [0.15, 0.2) is 0 Å². The number of nitrogens with zero attached hydrogens (tertiary/aromatic N) is 4. The summed E-state index contributed by atoms with van der Waals surface area (Å²) < 4.78 is 18.8. The maximum absolute atomic E-state index is 6.42. The summed E-state index contributed by atoms with van der Waals surface area (Å²) in [5.74, 6) is 1.09. The zero-order valence-electron chi connectivity index (χ0n) is 17.0. The van der Waals surface area contributed by atoms with Gasteiger partial charge < -0.3 is 18.9 Å². The number of hydrogen-bond donors (Lipinski definition) is 1. The van der Waals surface area contributed by atoms with Gasteiger partial charge in [-0.15, -0.1) is 5.10 Å². The Labute approximate surface area is 188 Å². The molecule has 3 heterocycles. The molecule has 0 saturated carbocycles. The molecule has 1 atom stereocenters. The van der Waals surface area contributed by atoms with Gasteiger partial charge in [-0.2, -0.15) is 0 Å². The third kappa shape index (κ3) is 4.66. The molecule has 0 bridgehead atoms. The Hall–Kier alpha value is -3.62. The molecule has 0 fully saturated rings. The van der Waals surface area contributed by atoms with Crippen LogP contribution < -0.4 is 4.74 Å². The van der Waals surface area contributed by atoms with Gasteiger partial charge in [0.05, 0.1) is 26.0 Å². The molecular weight excluding hydrogens is 430 g/mol. The van der Waals surface area contributed by atoms with E-state index in [2.05, 4.69) is 20.3 Å². The Bertz CT molecular complexity index is 1250. The van der Waals surface area contributed by atoms with E-state index < -0.39 is 5.56 Å². The van der Waals surface area contributed by atoms with E-state index in [0.717, 1.165) is 22.2 Å². The van der Waals surface area contributed by atoms with Crippen LogP contribution in [0.4, 0.5) is 0 Å². The summed E-state index contributed by atoms with van der Waals surface area (Å²) in [6.45, 7) is 1.71. The number of benzene rings is 2. The maximum atomic E-state index is 6.42. The number of para-hydroxylation sites is 1. The lowest BCUT2D eigenvalue weighted by Gasteiger charge is -2.11. The third-order valence-electron chi connectivity index (χ3n) is 4.88. The first-order chi connectivity index (χ1) is 15.7. The number of ether oxygens (including phenoxy) is 2. The highest BCUT2D eigenvalue weighted by Gasteiger charge is 2.17. The van der Waals surface area contributed by atoms with Crippen LogP contribution >= 0.6 is 11.6 Å². The zero-order chi connectivity index (χ0) is 21.8. The smallest absolute Gasteiger partial charge is 0.243 e. The third-order valence-corrected chi connectivity index (χ3v) is 5.20. The van der Waals surface area contributed by atoms with Crippen LogP contribution in [0.25, 0.3) is 22.5 Å². The van der Waals surface area contributed by atoms with Crippen LogP contribution in [0, 0.1) is 0 Å². The average molecular weight is 450 g/mol. The topological polar surface area (TPSA) is 91.0 Å². The van der Waals surface area contributed by atoms with Crippen molar-refractivity contribution in [2.75, 3.05) is 6.61 Å². The van der Waals surface area contributed by atoms with E-state index in [1.807, 2.05) is 54.6 Å². The Morgan fingerprint density at radius 2 is 2.00 bits per heavy atom. The standard InChI is InChI=1S/C23H20ClN5O3/c24-22(21-15-31-23(27-21)20-13-17-3-1-2-4-19(17)26-20)32-18-7-5-16(6-8-18)14-30-12-11-29-10-9-25-28-29/h1-10,13,15,22,26H,11-12,14H2. The molecular formula is C23H20ClN5O3. The Kier molecular flexibility index (Phi) is 5.87. The van der Waals surface area contributed by atoms with E-state index in [1.54, 1.807) is 17.1 Å². The molecule has 0 aliphatic rings. The second-order valence-corrected chi connectivity index (χ2v) is 7.54. The number of fused-ring (bicyclic) bond motifs is 1. The fourth-order valence-corrected chi connectivity index (χ4v) is 3.45. The van der Waals surface area contributed by atoms with Crippen LogP contribution in [0.3, 0.4) is 0 Å². The molecule has 162 valence electrons. The number of nitrogens with one attached hydrogen (secondary N) is 1. The molecule has 5 rings (SSSR count). The fraction of sp³-hybridized carbons (Fsp3) is 0.174. The number of halogens is 1. The van der Waals surface area contributed by atoms with E-state index in [4.69, 9.17) is 25.5 Å². The molecule has 0 amide bonds. The first-order valence-corrected chi connectivity index (χ1v) is 10.5. The molecule has 32 heavy (non-hydrogen) atoms. The van der Waals surface area contributed by atoms with Gasteiger partial charge >= 0.3 is 0 Å². The summed E-state index contributed by atoms with van der Waals surface area (Å²) in [4.78, 5) is 7.76. The van der Waals surface area contributed by atoms with Crippen LogP contribution in [0.2, 0.25) is 0 Å². The van der Waals surface area contributed by atoms with Gasteiger partial charge in [-0.3, -0.25) is 4.68 Å². The van der Waals surface area contributed by atoms with E-state index >= 15 is 0 Å². The van der Waals surface area contributed by atoms with Crippen LogP contribution in [0.15, 0.2) is 77.7 Å². The summed E-state index contributed by atoms with van der Waals surface area (Å²) in [5.41, 5.74) is 2.56. The quantitative estimate of drug-likeness (QED) is 0.253. The van der Waals surface area contributed by atoms with Crippen molar-refractivity contribution in [3.8, 4) is 17.3 Å². The number of hydrogen-bond acceptors (Lipinski definition) is 6. The molecule has 8 nitrogen and oxygen atoms in total. The van der Waals surface area contributed by atoms with Gasteiger partial charge in [-0.1, -0.05) is 47.1 Å².